The quantitative estimate of drug-likeness (QED) is 0.788. The first-order valence-electron chi connectivity index (χ1n) is 8.97. The van der Waals surface area contributed by atoms with E-state index in [-0.39, 0.29) is 11.3 Å². The van der Waals surface area contributed by atoms with Crippen LogP contribution in [-0.2, 0) is 0 Å². The summed E-state index contributed by atoms with van der Waals surface area (Å²) >= 11 is 1.28. The number of carbonyl (C=O) groups excluding carboxylic acids is 1. The molecule has 0 spiro atoms. The largest absolute Gasteiger partial charge is 0.496 e. The number of halogens is 1. The molecule has 1 aliphatic carbocycles. The van der Waals surface area contributed by atoms with Crippen molar-refractivity contribution < 1.29 is 13.9 Å². The number of aromatic nitrogens is 1. The van der Waals surface area contributed by atoms with Crippen LogP contribution in [0.5, 0.6) is 5.75 Å². The maximum Gasteiger partial charge on any atom is 0.273 e. The molecule has 2 atom stereocenters. The summed E-state index contributed by atoms with van der Waals surface area (Å²) in [6.45, 7) is 5.37. The molecule has 2 aromatic rings. The number of methoxy groups -OCH3 is 1. The van der Waals surface area contributed by atoms with Gasteiger partial charge in [-0.3, -0.25) is 4.79 Å². The lowest BCUT2D eigenvalue weighted by atomic mass is 9.72. The minimum atomic E-state index is -0.392. The van der Waals surface area contributed by atoms with Crippen molar-refractivity contribution in [2.75, 3.05) is 13.7 Å². The summed E-state index contributed by atoms with van der Waals surface area (Å²) in [5.41, 5.74) is 1.01. The van der Waals surface area contributed by atoms with Gasteiger partial charge in [-0.05, 0) is 42.7 Å². The van der Waals surface area contributed by atoms with Gasteiger partial charge in [-0.1, -0.05) is 19.9 Å². The van der Waals surface area contributed by atoms with Crippen molar-refractivity contribution >= 4 is 17.2 Å². The van der Waals surface area contributed by atoms with Gasteiger partial charge in [0.25, 0.3) is 5.91 Å². The minimum absolute atomic E-state index is 0.0343. The van der Waals surface area contributed by atoms with Crippen LogP contribution in [0.1, 0.15) is 43.6 Å². The van der Waals surface area contributed by atoms with Crippen LogP contribution >= 0.6 is 11.3 Å². The molecule has 26 heavy (non-hydrogen) atoms. The average molecular weight is 374 g/mol. The Hall–Kier alpha value is -1.95. The maximum atomic E-state index is 14.3. The topological polar surface area (TPSA) is 42.4 Å². The van der Waals surface area contributed by atoms with Crippen LogP contribution in [0.3, 0.4) is 0 Å². The van der Waals surface area contributed by atoms with Crippen LogP contribution in [-0.4, -0.2) is 35.5 Å². The highest BCUT2D eigenvalue weighted by atomic mass is 32.1. The number of hydrogen-bond acceptors (Lipinski definition) is 4. The highest BCUT2D eigenvalue weighted by molar-refractivity contribution is 7.13. The van der Waals surface area contributed by atoms with Gasteiger partial charge in [0.15, 0.2) is 0 Å². The van der Waals surface area contributed by atoms with Crippen LogP contribution in [0.25, 0.3) is 10.6 Å². The third kappa shape index (κ3) is 3.00. The van der Waals surface area contributed by atoms with E-state index in [1.54, 1.807) is 17.5 Å². The molecule has 2 fully saturated rings. The van der Waals surface area contributed by atoms with E-state index in [9.17, 15) is 9.18 Å². The molecule has 138 valence electrons. The van der Waals surface area contributed by atoms with Crippen molar-refractivity contribution in [3.8, 4) is 16.3 Å². The first-order valence-corrected chi connectivity index (χ1v) is 9.85. The predicted molar refractivity (Wildman–Crippen MR) is 100 cm³/mol. The van der Waals surface area contributed by atoms with E-state index in [4.69, 9.17) is 4.74 Å². The first kappa shape index (κ1) is 17.5. The van der Waals surface area contributed by atoms with Crippen molar-refractivity contribution in [1.82, 2.24) is 9.88 Å². The average Bonchev–Trinajstić information content (AvgIpc) is 3.18. The zero-order chi connectivity index (χ0) is 18.5. The lowest BCUT2D eigenvalue weighted by molar-refractivity contribution is 0.0704. The molecule has 0 radical (unpaired) electrons. The van der Waals surface area contributed by atoms with E-state index in [0.29, 0.717) is 34.0 Å². The molecule has 1 saturated carbocycles. The van der Waals surface area contributed by atoms with Crippen LogP contribution in [0.2, 0.25) is 0 Å². The number of fused-ring (bicyclic) bond motifs is 2. The minimum Gasteiger partial charge on any atom is -0.496 e. The molecule has 2 heterocycles. The van der Waals surface area contributed by atoms with Gasteiger partial charge in [-0.25, -0.2) is 9.37 Å². The second-order valence-electron chi connectivity index (χ2n) is 8.14. The number of benzene rings is 1. The lowest BCUT2D eigenvalue weighted by Crippen LogP contribution is -2.37. The molecular formula is C20H23FN2O2S. The number of nitrogens with zero attached hydrogens (tertiary/aromatic N) is 2. The summed E-state index contributed by atoms with van der Waals surface area (Å²) in [7, 11) is 1.50. The fourth-order valence-corrected chi connectivity index (χ4v) is 5.47. The second kappa shape index (κ2) is 6.34. The predicted octanol–water partition coefficient (Wildman–Crippen LogP) is 4.61. The number of carbonyl (C=O) groups is 1. The fraction of sp³-hybridized carbons (Fsp3) is 0.500. The number of rotatable bonds is 3. The van der Waals surface area contributed by atoms with Gasteiger partial charge in [0.05, 0.1) is 12.7 Å². The van der Waals surface area contributed by atoms with Crippen LogP contribution in [0.15, 0.2) is 23.6 Å². The Kier molecular flexibility index (Phi) is 4.26. The lowest BCUT2D eigenvalue weighted by Gasteiger charge is -2.34. The van der Waals surface area contributed by atoms with E-state index in [0.717, 1.165) is 19.4 Å². The number of thiazole rings is 1. The van der Waals surface area contributed by atoms with E-state index in [1.807, 2.05) is 4.90 Å². The van der Waals surface area contributed by atoms with Crippen molar-refractivity contribution in [2.24, 2.45) is 11.3 Å². The number of ether oxygens (including phenoxy) is 1. The standard InChI is InChI=1S/C20H23FN2O2S/c1-20(2)8-12-7-13(9-20)23(10-12)19(24)15-11-26-18(22-15)17-14(21)5-4-6-16(17)25-3/h4-6,11-13H,7-10H2,1-3H3/t12-,13+/m0/s1. The molecule has 2 aliphatic rings. The molecule has 0 N–H and O–H groups in total. The van der Waals surface area contributed by atoms with Gasteiger partial charge in [-0.2, -0.15) is 0 Å². The van der Waals surface area contributed by atoms with Crippen molar-refractivity contribution in [3.05, 3.63) is 35.1 Å². The molecule has 4 nitrogen and oxygen atoms in total. The molecule has 1 amide bonds. The molecule has 1 aliphatic heterocycles. The Labute approximate surface area is 157 Å². The summed E-state index contributed by atoms with van der Waals surface area (Å²) in [6.07, 6.45) is 3.29. The highest BCUT2D eigenvalue weighted by Crippen LogP contribution is 2.46. The SMILES string of the molecule is COc1cccc(F)c1-c1nc(C(=O)N2C[C@H]3C[C@@H]2CC(C)(C)C3)cs1. The smallest absolute Gasteiger partial charge is 0.273 e. The number of amides is 1. The zero-order valence-electron chi connectivity index (χ0n) is 15.3. The first-order chi connectivity index (χ1) is 12.4. The normalized spacial score (nSPS) is 23.9. The Bertz CT molecular complexity index is 848. The van der Waals surface area contributed by atoms with Crippen LogP contribution in [0.4, 0.5) is 4.39 Å². The third-order valence-corrected chi connectivity index (χ3v) is 6.38. The number of likely N-dealkylation sites (tertiary alicyclic amines) is 1. The molecule has 1 aromatic carbocycles. The fourth-order valence-electron chi connectivity index (χ4n) is 4.62. The van der Waals surface area contributed by atoms with Gasteiger partial charge in [0, 0.05) is 18.0 Å². The van der Waals surface area contributed by atoms with Crippen molar-refractivity contribution in [1.29, 1.82) is 0 Å². The number of hydrogen-bond donors (Lipinski definition) is 0. The van der Waals surface area contributed by atoms with Gasteiger partial charge in [0.1, 0.15) is 22.3 Å². The Balaban J connectivity index is 1.61. The molecule has 4 rings (SSSR count). The van der Waals surface area contributed by atoms with Gasteiger partial charge >= 0.3 is 0 Å². The van der Waals surface area contributed by atoms with E-state index in [2.05, 4.69) is 18.8 Å². The van der Waals surface area contributed by atoms with Gasteiger partial charge < -0.3 is 9.64 Å². The van der Waals surface area contributed by atoms with Crippen molar-refractivity contribution in [3.63, 3.8) is 0 Å². The molecule has 1 saturated heterocycles. The van der Waals surface area contributed by atoms with E-state index < -0.39 is 5.82 Å². The summed E-state index contributed by atoms with van der Waals surface area (Å²) in [4.78, 5) is 19.5. The summed E-state index contributed by atoms with van der Waals surface area (Å²) in [5.74, 6) is 0.582. The van der Waals surface area contributed by atoms with Crippen LogP contribution < -0.4 is 4.74 Å². The molecule has 0 unspecified atom stereocenters. The molecule has 2 bridgehead atoms. The van der Waals surface area contributed by atoms with Gasteiger partial charge in [0.2, 0.25) is 0 Å². The van der Waals surface area contributed by atoms with Crippen molar-refractivity contribution in [2.45, 2.75) is 39.2 Å². The Morgan fingerprint density at radius 2 is 2.19 bits per heavy atom. The summed E-state index contributed by atoms with van der Waals surface area (Å²) in [6, 6.07) is 4.98. The maximum absolute atomic E-state index is 14.3. The van der Waals surface area contributed by atoms with Gasteiger partial charge in [-0.15, -0.1) is 11.3 Å². The second-order valence-corrected chi connectivity index (χ2v) is 9.00. The molecule has 1 aromatic heterocycles. The third-order valence-electron chi connectivity index (χ3n) is 5.52. The van der Waals surface area contributed by atoms with E-state index >= 15 is 0 Å². The Morgan fingerprint density at radius 1 is 1.38 bits per heavy atom. The van der Waals surface area contributed by atoms with Crippen LogP contribution in [0, 0.1) is 17.2 Å². The monoisotopic (exact) mass is 374 g/mol. The van der Waals surface area contributed by atoms with E-state index in [1.165, 1.54) is 30.9 Å². The highest BCUT2D eigenvalue weighted by Gasteiger charge is 2.45. The summed E-state index contributed by atoms with van der Waals surface area (Å²) in [5, 5.41) is 2.21. The zero-order valence-corrected chi connectivity index (χ0v) is 16.1. The molecular weight excluding hydrogens is 351 g/mol. The summed E-state index contributed by atoms with van der Waals surface area (Å²) < 4.78 is 19.5. The Morgan fingerprint density at radius 3 is 2.96 bits per heavy atom. The molecule has 6 heteroatoms.